The molecule has 0 aliphatic rings. The lowest BCUT2D eigenvalue weighted by Crippen LogP contribution is -2.24. The molecule has 2 heterocycles. The molecule has 0 atom stereocenters. The number of H-pyrrole nitrogens is 1. The van der Waals surface area contributed by atoms with Crippen LogP contribution in [0.5, 0.6) is 0 Å². The lowest BCUT2D eigenvalue weighted by atomic mass is 9.98. The van der Waals surface area contributed by atoms with Crippen LogP contribution >= 0.6 is 0 Å². The molecular formula is C25H17N3O5. The minimum Gasteiger partial charge on any atom is -0.452 e. The lowest BCUT2D eigenvalue weighted by molar-refractivity contribution is -0.119. The molecule has 2 aromatic heterocycles. The average molecular weight is 439 g/mol. The fraction of sp³-hybridized carbons (Fsp3) is 0.0400. The first kappa shape index (κ1) is 21.3. The van der Waals surface area contributed by atoms with Gasteiger partial charge in [0, 0.05) is 17.3 Å². The topological polar surface area (TPSA) is 125 Å². The van der Waals surface area contributed by atoms with Crippen molar-refractivity contribution >= 4 is 17.8 Å². The summed E-state index contributed by atoms with van der Waals surface area (Å²) in [5, 5.41) is 12.3. The highest BCUT2D eigenvalue weighted by molar-refractivity contribution is 5.98. The number of nitrogens with one attached hydrogen (secondary N) is 2. The van der Waals surface area contributed by atoms with Crippen LogP contribution in [-0.4, -0.2) is 23.5 Å². The molecule has 0 unspecified atom stereocenters. The standard InChI is InChI=1S/C25H17N3O5/c26-14-19-21(16-8-3-1-4-9-16)22(17-10-5-2-6-11-17)33-24(19)28-20(29)15-32-25(31)18-12-7-13-27-23(18)30/h1-13H,15H2,(H,27,30)(H,28,29). The van der Waals surface area contributed by atoms with Crippen LogP contribution in [0.2, 0.25) is 0 Å². The Labute approximate surface area is 188 Å². The van der Waals surface area contributed by atoms with Crippen molar-refractivity contribution < 1.29 is 18.7 Å². The number of anilines is 1. The number of hydrogen-bond acceptors (Lipinski definition) is 6. The Hall–Kier alpha value is -4.90. The van der Waals surface area contributed by atoms with Gasteiger partial charge in [0.2, 0.25) is 5.88 Å². The van der Waals surface area contributed by atoms with E-state index in [-0.39, 0.29) is 17.0 Å². The summed E-state index contributed by atoms with van der Waals surface area (Å²) in [6, 6.07) is 23.2. The molecule has 0 saturated carbocycles. The van der Waals surface area contributed by atoms with Gasteiger partial charge < -0.3 is 14.1 Å². The summed E-state index contributed by atoms with van der Waals surface area (Å²) in [6.45, 7) is -0.667. The second kappa shape index (κ2) is 9.49. The fourth-order valence-corrected chi connectivity index (χ4v) is 3.25. The van der Waals surface area contributed by atoms with Gasteiger partial charge in [-0.25, -0.2) is 4.79 Å². The predicted molar refractivity (Wildman–Crippen MR) is 120 cm³/mol. The maximum Gasteiger partial charge on any atom is 0.344 e. The van der Waals surface area contributed by atoms with Gasteiger partial charge in [0.1, 0.15) is 23.0 Å². The van der Waals surface area contributed by atoms with Crippen LogP contribution in [0.15, 0.2) is 88.2 Å². The summed E-state index contributed by atoms with van der Waals surface area (Å²) >= 11 is 0. The molecule has 0 radical (unpaired) electrons. The summed E-state index contributed by atoms with van der Waals surface area (Å²) in [5.41, 5.74) is 1.29. The number of rotatable bonds is 6. The Morgan fingerprint density at radius 3 is 2.27 bits per heavy atom. The molecule has 0 spiro atoms. The molecule has 8 nitrogen and oxygen atoms in total. The van der Waals surface area contributed by atoms with E-state index in [1.54, 1.807) is 0 Å². The highest BCUT2D eigenvalue weighted by atomic mass is 16.5. The van der Waals surface area contributed by atoms with Crippen LogP contribution in [0.1, 0.15) is 15.9 Å². The van der Waals surface area contributed by atoms with Crippen LogP contribution in [0.4, 0.5) is 5.88 Å². The molecule has 8 heteroatoms. The van der Waals surface area contributed by atoms with Gasteiger partial charge in [0.15, 0.2) is 6.61 Å². The monoisotopic (exact) mass is 439 g/mol. The van der Waals surface area contributed by atoms with Crippen LogP contribution in [0.25, 0.3) is 22.5 Å². The Morgan fingerprint density at radius 1 is 0.970 bits per heavy atom. The van der Waals surface area contributed by atoms with Crippen molar-refractivity contribution in [2.24, 2.45) is 0 Å². The zero-order valence-electron chi connectivity index (χ0n) is 17.2. The van der Waals surface area contributed by atoms with Gasteiger partial charge in [-0.05, 0) is 17.7 Å². The van der Waals surface area contributed by atoms with E-state index in [0.29, 0.717) is 11.3 Å². The van der Waals surface area contributed by atoms with E-state index in [2.05, 4.69) is 16.4 Å². The van der Waals surface area contributed by atoms with E-state index >= 15 is 0 Å². The predicted octanol–water partition coefficient (Wildman–Crippen LogP) is 3.97. The van der Waals surface area contributed by atoms with Gasteiger partial charge in [0.25, 0.3) is 11.5 Å². The Kier molecular flexibility index (Phi) is 6.14. The molecule has 0 saturated heterocycles. The Balaban J connectivity index is 1.62. The quantitative estimate of drug-likeness (QED) is 0.438. The van der Waals surface area contributed by atoms with E-state index < -0.39 is 24.0 Å². The number of carbonyl (C=O) groups is 2. The van der Waals surface area contributed by atoms with Crippen LogP contribution in [0, 0.1) is 11.3 Å². The molecule has 0 bridgehead atoms. The summed E-state index contributed by atoms with van der Waals surface area (Å²) in [7, 11) is 0. The first-order valence-electron chi connectivity index (χ1n) is 9.91. The zero-order valence-corrected chi connectivity index (χ0v) is 17.2. The molecule has 33 heavy (non-hydrogen) atoms. The minimum absolute atomic E-state index is 0.0613. The van der Waals surface area contributed by atoms with Crippen LogP contribution in [0.3, 0.4) is 0 Å². The maximum atomic E-state index is 12.5. The van der Waals surface area contributed by atoms with Gasteiger partial charge >= 0.3 is 5.97 Å². The molecule has 2 N–H and O–H groups in total. The number of hydrogen-bond donors (Lipinski definition) is 2. The maximum absolute atomic E-state index is 12.5. The second-order valence-electron chi connectivity index (χ2n) is 6.89. The normalized spacial score (nSPS) is 10.3. The van der Waals surface area contributed by atoms with Crippen molar-refractivity contribution in [1.29, 1.82) is 5.26 Å². The number of furan rings is 1. The number of nitriles is 1. The number of pyridine rings is 1. The molecule has 4 rings (SSSR count). The van der Waals surface area contributed by atoms with Crippen molar-refractivity contribution in [1.82, 2.24) is 4.98 Å². The summed E-state index contributed by atoms with van der Waals surface area (Å²) in [5.74, 6) is -1.31. The SMILES string of the molecule is N#Cc1c(NC(=O)COC(=O)c2ccc[nH]c2=O)oc(-c2ccccc2)c1-c1ccccc1. The molecule has 0 aliphatic carbocycles. The van der Waals surface area contributed by atoms with Crippen molar-refractivity contribution in [3.63, 3.8) is 0 Å². The summed E-state index contributed by atoms with van der Waals surface area (Å²) < 4.78 is 10.8. The minimum atomic E-state index is -0.943. The highest BCUT2D eigenvalue weighted by Gasteiger charge is 2.24. The first-order chi connectivity index (χ1) is 16.1. The number of benzene rings is 2. The van der Waals surface area contributed by atoms with Crippen LogP contribution < -0.4 is 10.9 Å². The lowest BCUT2D eigenvalue weighted by Gasteiger charge is -2.05. The first-order valence-corrected chi connectivity index (χ1v) is 9.91. The van der Waals surface area contributed by atoms with E-state index in [4.69, 9.17) is 9.15 Å². The van der Waals surface area contributed by atoms with Gasteiger partial charge in [-0.3, -0.25) is 14.9 Å². The van der Waals surface area contributed by atoms with Gasteiger partial charge in [-0.2, -0.15) is 5.26 Å². The third-order valence-corrected chi connectivity index (χ3v) is 4.74. The fourth-order valence-electron chi connectivity index (χ4n) is 3.25. The third kappa shape index (κ3) is 4.57. The van der Waals surface area contributed by atoms with E-state index in [9.17, 15) is 19.6 Å². The van der Waals surface area contributed by atoms with Crippen LogP contribution in [-0.2, 0) is 9.53 Å². The third-order valence-electron chi connectivity index (χ3n) is 4.74. The highest BCUT2D eigenvalue weighted by Crippen LogP contribution is 2.41. The van der Waals surface area contributed by atoms with E-state index in [1.807, 2.05) is 60.7 Å². The second-order valence-corrected chi connectivity index (χ2v) is 6.89. The zero-order chi connectivity index (χ0) is 23.2. The van der Waals surface area contributed by atoms with Gasteiger partial charge in [0.05, 0.1) is 0 Å². The molecular weight excluding hydrogens is 422 g/mol. The molecule has 0 fully saturated rings. The molecule has 162 valence electrons. The van der Waals surface area contributed by atoms with Gasteiger partial charge in [-0.1, -0.05) is 60.7 Å². The average Bonchev–Trinajstić information content (AvgIpc) is 3.22. The largest absolute Gasteiger partial charge is 0.452 e. The number of ether oxygens (including phenoxy) is 1. The number of carbonyl (C=O) groups excluding carboxylic acids is 2. The number of aromatic nitrogens is 1. The number of nitrogens with zero attached hydrogens (tertiary/aromatic N) is 1. The van der Waals surface area contributed by atoms with E-state index in [1.165, 1.54) is 18.3 Å². The van der Waals surface area contributed by atoms with Crippen molar-refractivity contribution in [3.05, 3.63) is 100 Å². The van der Waals surface area contributed by atoms with Crippen molar-refractivity contribution in [3.8, 4) is 28.5 Å². The Morgan fingerprint density at radius 2 is 1.64 bits per heavy atom. The number of aromatic amines is 1. The van der Waals surface area contributed by atoms with Gasteiger partial charge in [-0.15, -0.1) is 0 Å². The molecule has 2 aromatic carbocycles. The van der Waals surface area contributed by atoms with E-state index in [0.717, 1.165) is 11.1 Å². The molecule has 4 aromatic rings. The van der Waals surface area contributed by atoms with Crippen molar-refractivity contribution in [2.45, 2.75) is 0 Å². The number of amides is 1. The summed E-state index contributed by atoms with van der Waals surface area (Å²) in [6.07, 6.45) is 1.38. The smallest absolute Gasteiger partial charge is 0.344 e. The van der Waals surface area contributed by atoms with Crippen molar-refractivity contribution in [2.75, 3.05) is 11.9 Å². The molecule has 0 aliphatic heterocycles. The Bertz CT molecular complexity index is 1400. The molecule has 1 amide bonds. The summed E-state index contributed by atoms with van der Waals surface area (Å²) in [4.78, 5) is 38.6. The number of esters is 1.